The van der Waals surface area contributed by atoms with Crippen LogP contribution in [-0.4, -0.2) is 6.54 Å². The summed E-state index contributed by atoms with van der Waals surface area (Å²) in [6.45, 7) is 5.25. The third-order valence-corrected chi connectivity index (χ3v) is 4.58. The molecule has 0 spiro atoms. The summed E-state index contributed by atoms with van der Waals surface area (Å²) in [7, 11) is 0. The molecular formula is C17H19Br2N. The molecule has 0 saturated heterocycles. The van der Waals surface area contributed by atoms with Gasteiger partial charge in [0.1, 0.15) is 0 Å². The summed E-state index contributed by atoms with van der Waals surface area (Å²) in [5.41, 5.74) is 3.94. The highest BCUT2D eigenvalue weighted by Gasteiger charge is 2.15. The van der Waals surface area contributed by atoms with Crippen molar-refractivity contribution in [3.8, 4) is 0 Å². The van der Waals surface area contributed by atoms with Crippen LogP contribution < -0.4 is 5.32 Å². The van der Waals surface area contributed by atoms with Crippen molar-refractivity contribution in [2.75, 3.05) is 6.54 Å². The van der Waals surface area contributed by atoms with Crippen molar-refractivity contribution in [3.63, 3.8) is 0 Å². The Balaban J connectivity index is 2.38. The summed E-state index contributed by atoms with van der Waals surface area (Å²) in [4.78, 5) is 0. The Bertz CT molecular complexity index is 564. The van der Waals surface area contributed by atoms with Crippen LogP contribution in [0.4, 0.5) is 0 Å². The van der Waals surface area contributed by atoms with Crippen LogP contribution in [0.3, 0.4) is 0 Å². The van der Waals surface area contributed by atoms with Crippen LogP contribution >= 0.6 is 31.9 Å². The molecule has 0 aromatic heterocycles. The van der Waals surface area contributed by atoms with E-state index in [-0.39, 0.29) is 6.04 Å². The monoisotopic (exact) mass is 395 g/mol. The van der Waals surface area contributed by atoms with Gasteiger partial charge in [-0.05, 0) is 41.8 Å². The number of rotatable bonds is 5. The normalized spacial score (nSPS) is 12.4. The molecule has 20 heavy (non-hydrogen) atoms. The molecule has 0 aliphatic rings. The van der Waals surface area contributed by atoms with Crippen LogP contribution in [0.5, 0.6) is 0 Å². The van der Waals surface area contributed by atoms with Crippen LogP contribution in [-0.2, 0) is 6.42 Å². The van der Waals surface area contributed by atoms with Crippen molar-refractivity contribution >= 4 is 31.9 Å². The maximum Gasteiger partial charge on any atom is 0.0587 e. The van der Waals surface area contributed by atoms with E-state index >= 15 is 0 Å². The van der Waals surface area contributed by atoms with Crippen molar-refractivity contribution in [1.29, 1.82) is 0 Å². The summed E-state index contributed by atoms with van der Waals surface area (Å²) in [6.07, 6.45) is 1.08. The zero-order chi connectivity index (χ0) is 14.5. The molecule has 1 nitrogen and oxygen atoms in total. The molecule has 0 aliphatic carbocycles. The SMILES string of the molecule is CCNC(c1ccc(CC)cc1)c1ccc(Br)cc1Br. The predicted molar refractivity (Wildman–Crippen MR) is 93.2 cm³/mol. The fourth-order valence-corrected chi connectivity index (χ4v) is 3.57. The molecular weight excluding hydrogens is 378 g/mol. The minimum atomic E-state index is 0.216. The standard InChI is InChI=1S/C17H19Br2N/c1-3-12-5-7-13(8-6-12)17(20-4-2)15-10-9-14(18)11-16(15)19/h5-11,17,20H,3-4H2,1-2H3. The first-order chi connectivity index (χ1) is 9.65. The first-order valence-corrected chi connectivity index (χ1v) is 8.51. The molecule has 2 aromatic rings. The van der Waals surface area contributed by atoms with Crippen LogP contribution in [0.15, 0.2) is 51.4 Å². The van der Waals surface area contributed by atoms with Gasteiger partial charge in [0, 0.05) is 8.95 Å². The predicted octanol–water partition coefficient (Wildman–Crippen LogP) is 5.47. The van der Waals surface area contributed by atoms with Crippen LogP contribution in [0.2, 0.25) is 0 Å². The zero-order valence-corrected chi connectivity index (χ0v) is 15.0. The van der Waals surface area contributed by atoms with Crippen molar-refractivity contribution in [3.05, 3.63) is 68.1 Å². The maximum atomic E-state index is 3.67. The van der Waals surface area contributed by atoms with E-state index in [0.29, 0.717) is 0 Å². The lowest BCUT2D eigenvalue weighted by Gasteiger charge is -2.21. The Labute approximate surface area is 138 Å². The van der Waals surface area contributed by atoms with Gasteiger partial charge in [0.15, 0.2) is 0 Å². The van der Waals surface area contributed by atoms with Crippen LogP contribution in [0, 0.1) is 0 Å². The molecule has 0 saturated carbocycles. The molecule has 3 heteroatoms. The number of hydrogen-bond acceptors (Lipinski definition) is 1. The lowest BCUT2D eigenvalue weighted by molar-refractivity contribution is 0.628. The van der Waals surface area contributed by atoms with Gasteiger partial charge in [-0.1, -0.05) is 76.0 Å². The average Bonchev–Trinajstić information content (AvgIpc) is 2.46. The van der Waals surface area contributed by atoms with E-state index in [1.807, 2.05) is 0 Å². The molecule has 0 fully saturated rings. The highest BCUT2D eigenvalue weighted by molar-refractivity contribution is 9.11. The molecule has 0 radical (unpaired) electrons. The highest BCUT2D eigenvalue weighted by atomic mass is 79.9. The topological polar surface area (TPSA) is 12.0 Å². The van der Waals surface area contributed by atoms with E-state index in [1.165, 1.54) is 16.7 Å². The largest absolute Gasteiger partial charge is 0.306 e. The summed E-state index contributed by atoms with van der Waals surface area (Å²) in [6, 6.07) is 15.4. The lowest BCUT2D eigenvalue weighted by atomic mass is 9.97. The molecule has 2 aromatic carbocycles. The summed E-state index contributed by atoms with van der Waals surface area (Å²) in [5.74, 6) is 0. The fraction of sp³-hybridized carbons (Fsp3) is 0.294. The van der Waals surface area contributed by atoms with Gasteiger partial charge < -0.3 is 5.32 Å². The van der Waals surface area contributed by atoms with E-state index < -0.39 is 0 Å². The molecule has 0 aliphatic heterocycles. The molecule has 1 N–H and O–H groups in total. The number of halogens is 2. The Hall–Kier alpha value is -0.640. The van der Waals surface area contributed by atoms with Crippen molar-refractivity contribution in [2.24, 2.45) is 0 Å². The minimum Gasteiger partial charge on any atom is -0.306 e. The van der Waals surface area contributed by atoms with Crippen LogP contribution in [0.1, 0.15) is 36.6 Å². The molecule has 0 amide bonds. The second-order valence-electron chi connectivity index (χ2n) is 4.75. The molecule has 2 rings (SSSR count). The summed E-state index contributed by atoms with van der Waals surface area (Å²) >= 11 is 7.18. The summed E-state index contributed by atoms with van der Waals surface area (Å²) < 4.78 is 2.21. The number of hydrogen-bond donors (Lipinski definition) is 1. The highest BCUT2D eigenvalue weighted by Crippen LogP contribution is 2.31. The average molecular weight is 397 g/mol. The van der Waals surface area contributed by atoms with Gasteiger partial charge in [-0.2, -0.15) is 0 Å². The Kier molecular flexibility index (Phi) is 5.82. The minimum absolute atomic E-state index is 0.216. The molecule has 0 bridgehead atoms. The first kappa shape index (κ1) is 15.7. The van der Waals surface area contributed by atoms with Gasteiger partial charge in [-0.25, -0.2) is 0 Å². The maximum absolute atomic E-state index is 3.67. The Morgan fingerprint density at radius 3 is 2.25 bits per heavy atom. The van der Waals surface area contributed by atoms with Crippen LogP contribution in [0.25, 0.3) is 0 Å². The lowest BCUT2D eigenvalue weighted by Crippen LogP contribution is -2.22. The zero-order valence-electron chi connectivity index (χ0n) is 11.8. The Morgan fingerprint density at radius 1 is 1.00 bits per heavy atom. The number of benzene rings is 2. The smallest absolute Gasteiger partial charge is 0.0587 e. The summed E-state index contributed by atoms with van der Waals surface area (Å²) in [5, 5.41) is 3.57. The van der Waals surface area contributed by atoms with E-state index in [4.69, 9.17) is 0 Å². The van der Waals surface area contributed by atoms with Gasteiger partial charge in [0.2, 0.25) is 0 Å². The van der Waals surface area contributed by atoms with E-state index in [1.54, 1.807) is 0 Å². The van der Waals surface area contributed by atoms with Gasteiger partial charge in [-0.15, -0.1) is 0 Å². The number of nitrogens with one attached hydrogen (secondary N) is 1. The second-order valence-corrected chi connectivity index (χ2v) is 6.52. The third-order valence-electron chi connectivity index (χ3n) is 3.40. The Morgan fingerprint density at radius 2 is 1.70 bits per heavy atom. The quantitative estimate of drug-likeness (QED) is 0.706. The van der Waals surface area contributed by atoms with E-state index in [2.05, 4.69) is 93.5 Å². The van der Waals surface area contributed by atoms with Gasteiger partial charge in [-0.3, -0.25) is 0 Å². The van der Waals surface area contributed by atoms with E-state index in [0.717, 1.165) is 21.9 Å². The molecule has 0 heterocycles. The van der Waals surface area contributed by atoms with Crippen molar-refractivity contribution < 1.29 is 0 Å². The molecule has 1 unspecified atom stereocenters. The number of aryl methyl sites for hydroxylation is 1. The fourth-order valence-electron chi connectivity index (χ4n) is 2.29. The van der Waals surface area contributed by atoms with Crippen molar-refractivity contribution in [1.82, 2.24) is 5.32 Å². The second kappa shape index (κ2) is 7.39. The molecule has 1 atom stereocenters. The van der Waals surface area contributed by atoms with E-state index in [9.17, 15) is 0 Å². The third kappa shape index (κ3) is 3.72. The van der Waals surface area contributed by atoms with Crippen molar-refractivity contribution in [2.45, 2.75) is 26.3 Å². The van der Waals surface area contributed by atoms with Gasteiger partial charge in [0.05, 0.1) is 6.04 Å². The molecule has 106 valence electrons. The first-order valence-electron chi connectivity index (χ1n) is 6.92. The van der Waals surface area contributed by atoms with Gasteiger partial charge >= 0.3 is 0 Å². The van der Waals surface area contributed by atoms with Gasteiger partial charge in [0.25, 0.3) is 0 Å².